The minimum atomic E-state index is 0. The molecule has 0 atom stereocenters. The number of nitrogens with zero attached hydrogens (tertiary/aromatic N) is 1. The summed E-state index contributed by atoms with van der Waals surface area (Å²) in [6.45, 7) is 4.25. The second kappa shape index (κ2) is 2.31. The molecule has 0 unspecified atom stereocenters. The molecule has 0 bridgehead atoms. The first kappa shape index (κ1) is 7.70. The fourth-order valence-electron chi connectivity index (χ4n) is 0.513. The summed E-state index contributed by atoms with van der Waals surface area (Å²) in [5.74, 6) is 0. The van der Waals surface area contributed by atoms with Gasteiger partial charge in [0.05, 0.1) is 0 Å². The van der Waals surface area contributed by atoms with Crippen LogP contribution in [0.2, 0.25) is 0 Å². The van der Waals surface area contributed by atoms with E-state index in [0.717, 1.165) is 0 Å². The van der Waals surface area contributed by atoms with Gasteiger partial charge < -0.3 is 0 Å². The van der Waals surface area contributed by atoms with Crippen molar-refractivity contribution in [1.29, 1.82) is 0 Å². The summed E-state index contributed by atoms with van der Waals surface area (Å²) in [5, 5.41) is 0. The van der Waals surface area contributed by atoms with Crippen LogP contribution in [-0.2, 0) is 0 Å². The number of aliphatic imine (C=N–C) groups is 1. The molecule has 1 nitrogen and oxygen atoms in total. The van der Waals surface area contributed by atoms with Crippen molar-refractivity contribution in [3.63, 3.8) is 0 Å². The Labute approximate surface area is 55.9 Å². The molecule has 1 heterocycles. The topological polar surface area (TPSA) is 12.4 Å². The monoisotopic (exact) mass is 131 g/mol. The standard InChI is InChI=1S/C6H9N.ClH/c1-6(2)3-4-7-5-6;/h3-5H,1-2H3;1H. The second-order valence-corrected chi connectivity index (χ2v) is 2.42. The highest BCUT2D eigenvalue weighted by atomic mass is 35.5. The van der Waals surface area contributed by atoms with Crippen LogP contribution in [0.1, 0.15) is 13.8 Å². The Kier molecular flexibility index (Phi) is 2.23. The van der Waals surface area contributed by atoms with E-state index in [4.69, 9.17) is 0 Å². The summed E-state index contributed by atoms with van der Waals surface area (Å²) < 4.78 is 0. The van der Waals surface area contributed by atoms with Crippen molar-refractivity contribution >= 4 is 18.6 Å². The van der Waals surface area contributed by atoms with E-state index in [1.807, 2.05) is 12.4 Å². The third kappa shape index (κ3) is 1.66. The summed E-state index contributed by atoms with van der Waals surface area (Å²) in [6.07, 6.45) is 5.85. The Morgan fingerprint density at radius 1 is 1.38 bits per heavy atom. The van der Waals surface area contributed by atoms with Crippen molar-refractivity contribution in [3.05, 3.63) is 12.3 Å². The fraction of sp³-hybridized carbons (Fsp3) is 0.500. The van der Waals surface area contributed by atoms with E-state index >= 15 is 0 Å². The van der Waals surface area contributed by atoms with Gasteiger partial charge in [-0.05, 0) is 0 Å². The minimum absolute atomic E-state index is 0. The van der Waals surface area contributed by atoms with Gasteiger partial charge in [0.25, 0.3) is 0 Å². The smallest absolute Gasteiger partial charge is 0.0233 e. The van der Waals surface area contributed by atoms with Crippen LogP contribution in [0.5, 0.6) is 0 Å². The quantitative estimate of drug-likeness (QED) is 0.477. The molecular weight excluding hydrogens is 122 g/mol. The first-order valence-electron chi connectivity index (χ1n) is 2.43. The van der Waals surface area contributed by atoms with Gasteiger partial charge in [-0.25, -0.2) is 0 Å². The fourth-order valence-corrected chi connectivity index (χ4v) is 0.513. The van der Waals surface area contributed by atoms with Gasteiger partial charge in [0.15, 0.2) is 0 Å². The number of halogens is 1. The third-order valence-corrected chi connectivity index (χ3v) is 0.997. The van der Waals surface area contributed by atoms with Gasteiger partial charge in [0.1, 0.15) is 0 Å². The molecule has 0 saturated heterocycles. The van der Waals surface area contributed by atoms with E-state index in [1.165, 1.54) is 0 Å². The lowest BCUT2D eigenvalue weighted by molar-refractivity contribution is 0.706. The summed E-state index contributed by atoms with van der Waals surface area (Å²) in [5.41, 5.74) is 0.222. The first-order valence-corrected chi connectivity index (χ1v) is 2.43. The summed E-state index contributed by atoms with van der Waals surface area (Å²) >= 11 is 0. The van der Waals surface area contributed by atoms with Crippen LogP contribution in [0.3, 0.4) is 0 Å². The number of rotatable bonds is 0. The van der Waals surface area contributed by atoms with Crippen molar-refractivity contribution < 1.29 is 0 Å². The Balaban J connectivity index is 0.000000490. The molecule has 0 radical (unpaired) electrons. The molecule has 2 heteroatoms. The molecule has 8 heavy (non-hydrogen) atoms. The molecule has 0 saturated carbocycles. The number of hydrogen-bond donors (Lipinski definition) is 0. The zero-order valence-corrected chi connectivity index (χ0v) is 5.90. The lowest BCUT2D eigenvalue weighted by atomic mass is 9.97. The van der Waals surface area contributed by atoms with Crippen LogP contribution >= 0.6 is 12.4 Å². The molecule has 1 aliphatic rings. The zero-order chi connectivity index (χ0) is 5.33. The molecule has 0 aromatic rings. The minimum Gasteiger partial charge on any atom is -0.268 e. The van der Waals surface area contributed by atoms with E-state index in [2.05, 4.69) is 24.9 Å². The van der Waals surface area contributed by atoms with Crippen molar-refractivity contribution in [3.8, 4) is 0 Å². The average molecular weight is 132 g/mol. The molecule has 0 aliphatic carbocycles. The first-order chi connectivity index (χ1) is 3.21. The Bertz CT molecular complexity index is 110. The maximum Gasteiger partial charge on any atom is 0.0233 e. The Morgan fingerprint density at radius 3 is 2.12 bits per heavy atom. The molecule has 0 N–H and O–H groups in total. The van der Waals surface area contributed by atoms with Crippen molar-refractivity contribution in [2.75, 3.05) is 0 Å². The molecule has 0 aromatic heterocycles. The van der Waals surface area contributed by atoms with Crippen LogP contribution in [0.25, 0.3) is 0 Å². The maximum atomic E-state index is 3.93. The van der Waals surface area contributed by atoms with Gasteiger partial charge >= 0.3 is 0 Å². The summed E-state index contributed by atoms with van der Waals surface area (Å²) in [6, 6.07) is 0. The number of allylic oxidation sites excluding steroid dienone is 1. The third-order valence-electron chi connectivity index (χ3n) is 0.997. The molecule has 1 aliphatic heterocycles. The molecule has 0 aromatic carbocycles. The van der Waals surface area contributed by atoms with E-state index < -0.39 is 0 Å². The van der Waals surface area contributed by atoms with E-state index in [9.17, 15) is 0 Å². The SMILES string of the molecule is CC1(C)C=CN=C1.Cl. The molecule has 46 valence electrons. The van der Waals surface area contributed by atoms with Gasteiger partial charge in [-0.1, -0.05) is 19.9 Å². The Morgan fingerprint density at radius 2 is 2.00 bits per heavy atom. The van der Waals surface area contributed by atoms with Crippen LogP contribution in [0.15, 0.2) is 17.3 Å². The molecule has 0 spiro atoms. The summed E-state index contributed by atoms with van der Waals surface area (Å²) in [7, 11) is 0. The lowest BCUT2D eigenvalue weighted by Gasteiger charge is -2.05. The summed E-state index contributed by atoms with van der Waals surface area (Å²) in [4.78, 5) is 3.93. The van der Waals surface area contributed by atoms with Gasteiger partial charge in [-0.2, -0.15) is 0 Å². The molecule has 1 rings (SSSR count). The van der Waals surface area contributed by atoms with Crippen LogP contribution in [0, 0.1) is 5.41 Å². The normalized spacial score (nSPS) is 20.8. The second-order valence-electron chi connectivity index (χ2n) is 2.42. The highest BCUT2D eigenvalue weighted by molar-refractivity contribution is 5.85. The van der Waals surface area contributed by atoms with E-state index in [-0.39, 0.29) is 17.8 Å². The predicted octanol–water partition coefficient (Wildman–Crippen LogP) is 2.03. The van der Waals surface area contributed by atoms with Crippen molar-refractivity contribution in [2.24, 2.45) is 10.4 Å². The van der Waals surface area contributed by atoms with Gasteiger partial charge in [0, 0.05) is 17.8 Å². The number of hydrogen-bond acceptors (Lipinski definition) is 1. The molecular formula is C6H10ClN. The van der Waals surface area contributed by atoms with Gasteiger partial charge in [-0.15, -0.1) is 12.4 Å². The largest absolute Gasteiger partial charge is 0.268 e. The zero-order valence-electron chi connectivity index (χ0n) is 5.09. The molecule has 0 fully saturated rings. The predicted molar refractivity (Wildman–Crippen MR) is 38.7 cm³/mol. The van der Waals surface area contributed by atoms with Crippen molar-refractivity contribution in [2.45, 2.75) is 13.8 Å². The average Bonchev–Trinajstić information content (AvgIpc) is 1.84. The van der Waals surface area contributed by atoms with Gasteiger partial charge in [0.2, 0.25) is 0 Å². The molecule has 0 amide bonds. The van der Waals surface area contributed by atoms with E-state index in [0.29, 0.717) is 0 Å². The van der Waals surface area contributed by atoms with E-state index in [1.54, 1.807) is 0 Å². The van der Waals surface area contributed by atoms with Crippen LogP contribution in [-0.4, -0.2) is 6.21 Å². The van der Waals surface area contributed by atoms with Gasteiger partial charge in [-0.3, -0.25) is 4.99 Å². The maximum absolute atomic E-state index is 3.93. The highest BCUT2D eigenvalue weighted by Gasteiger charge is 2.11. The van der Waals surface area contributed by atoms with Crippen molar-refractivity contribution in [1.82, 2.24) is 0 Å². The Hall–Kier alpha value is -0.300. The highest BCUT2D eigenvalue weighted by Crippen LogP contribution is 2.17. The lowest BCUT2D eigenvalue weighted by Crippen LogP contribution is -2.03. The van der Waals surface area contributed by atoms with Crippen LogP contribution in [0.4, 0.5) is 0 Å². The van der Waals surface area contributed by atoms with Crippen LogP contribution < -0.4 is 0 Å².